The number of aliphatic hydroxyl groups is 2. The van der Waals surface area contributed by atoms with Crippen molar-refractivity contribution in [3.8, 4) is 0 Å². The van der Waals surface area contributed by atoms with Crippen molar-refractivity contribution in [2.24, 2.45) is 11.8 Å². The second-order valence-corrected chi connectivity index (χ2v) is 7.59. The standard InChI is InChI=1S/C19H29NO7/c1-5-13-15(21)11(2)19(3,25)18(24)26-10-12-6-8-20(4)9-7-14(16(12)22)27-17(13)23/h6,11,13-15,21,25H,5,7-10H2,1-4H3/t11-,13?,14-,15-,19-/m1/s1. The topological polar surface area (TPSA) is 113 Å². The number of ether oxygens (including phenoxy) is 2. The van der Waals surface area contributed by atoms with Gasteiger partial charge in [-0.2, -0.15) is 0 Å². The quantitative estimate of drug-likeness (QED) is 0.611. The van der Waals surface area contributed by atoms with Crippen molar-refractivity contribution in [2.75, 3.05) is 26.7 Å². The minimum atomic E-state index is -2.02. The van der Waals surface area contributed by atoms with Crippen molar-refractivity contribution in [2.45, 2.75) is 51.4 Å². The van der Waals surface area contributed by atoms with E-state index < -0.39 is 47.4 Å². The van der Waals surface area contributed by atoms with Gasteiger partial charge < -0.3 is 24.6 Å². The minimum absolute atomic E-state index is 0.227. The number of likely N-dealkylation sites (N-methyl/N-ethyl adjacent to an activating group) is 1. The zero-order valence-electron chi connectivity index (χ0n) is 16.3. The van der Waals surface area contributed by atoms with Gasteiger partial charge in [-0.3, -0.25) is 9.59 Å². The fraction of sp³-hybridized carbons (Fsp3) is 0.737. The van der Waals surface area contributed by atoms with E-state index in [1.807, 2.05) is 11.9 Å². The Morgan fingerprint density at radius 3 is 2.63 bits per heavy atom. The van der Waals surface area contributed by atoms with Crippen LogP contribution in [0.15, 0.2) is 11.6 Å². The molecular formula is C19H29NO7. The summed E-state index contributed by atoms with van der Waals surface area (Å²) in [5, 5.41) is 21.2. The predicted molar refractivity (Wildman–Crippen MR) is 95.6 cm³/mol. The summed E-state index contributed by atoms with van der Waals surface area (Å²) < 4.78 is 10.7. The highest BCUT2D eigenvalue weighted by Gasteiger charge is 2.46. The van der Waals surface area contributed by atoms with E-state index in [-0.39, 0.29) is 18.6 Å². The van der Waals surface area contributed by atoms with Crippen LogP contribution >= 0.6 is 0 Å². The molecule has 1 unspecified atom stereocenters. The Hall–Kier alpha value is -1.77. The summed E-state index contributed by atoms with van der Waals surface area (Å²) >= 11 is 0. The first kappa shape index (κ1) is 21.5. The molecule has 2 N–H and O–H groups in total. The summed E-state index contributed by atoms with van der Waals surface area (Å²) in [5.41, 5.74) is -1.79. The number of hydrogen-bond acceptors (Lipinski definition) is 8. The minimum Gasteiger partial charge on any atom is -0.459 e. The molecular weight excluding hydrogens is 354 g/mol. The van der Waals surface area contributed by atoms with Crippen LogP contribution in [-0.4, -0.2) is 77.4 Å². The van der Waals surface area contributed by atoms with Crippen LogP contribution in [-0.2, 0) is 23.9 Å². The van der Waals surface area contributed by atoms with Crippen molar-refractivity contribution in [3.63, 3.8) is 0 Å². The Morgan fingerprint density at radius 2 is 2.00 bits per heavy atom. The first-order chi connectivity index (χ1) is 12.6. The molecule has 5 atom stereocenters. The third-order valence-corrected chi connectivity index (χ3v) is 5.62. The normalized spacial score (nSPS) is 37.1. The number of cyclic esters (lactones) is 1. The molecule has 0 aliphatic carbocycles. The maximum atomic E-state index is 12.8. The van der Waals surface area contributed by atoms with Crippen molar-refractivity contribution in [1.29, 1.82) is 0 Å². The Bertz CT molecular complexity index is 628. The van der Waals surface area contributed by atoms with Crippen LogP contribution in [0.5, 0.6) is 0 Å². The molecule has 2 heterocycles. The van der Waals surface area contributed by atoms with Crippen LogP contribution in [0, 0.1) is 11.8 Å². The molecule has 0 aromatic carbocycles. The molecule has 2 aliphatic heterocycles. The Kier molecular flexibility index (Phi) is 6.77. The Labute approximate surface area is 159 Å². The monoisotopic (exact) mass is 383 g/mol. The van der Waals surface area contributed by atoms with Crippen LogP contribution < -0.4 is 0 Å². The number of carbonyl (C=O) groups excluding carboxylic acids is 3. The zero-order chi connectivity index (χ0) is 20.4. The molecule has 0 aromatic heterocycles. The SMILES string of the molecule is CCC1C(=O)O[C@@H]2CCN(C)CC=C(COC(=O)[C@](C)(O)[C@H](C)[C@H]1O)C2=O. The number of aliphatic hydroxyl groups excluding tert-OH is 1. The van der Waals surface area contributed by atoms with Crippen molar-refractivity contribution in [1.82, 2.24) is 4.90 Å². The third-order valence-electron chi connectivity index (χ3n) is 5.62. The fourth-order valence-corrected chi connectivity index (χ4v) is 3.31. The number of esters is 2. The second kappa shape index (κ2) is 8.50. The molecule has 27 heavy (non-hydrogen) atoms. The van der Waals surface area contributed by atoms with Crippen molar-refractivity contribution >= 4 is 17.7 Å². The summed E-state index contributed by atoms with van der Waals surface area (Å²) in [4.78, 5) is 39.8. The van der Waals surface area contributed by atoms with Crippen LogP contribution in [0.25, 0.3) is 0 Å². The molecule has 0 aromatic rings. The molecule has 2 aliphatic rings. The van der Waals surface area contributed by atoms with Gasteiger partial charge in [0.1, 0.15) is 6.61 Å². The highest BCUT2D eigenvalue weighted by atomic mass is 16.6. The van der Waals surface area contributed by atoms with Crippen LogP contribution in [0.4, 0.5) is 0 Å². The predicted octanol–water partition coefficient (Wildman–Crippen LogP) is 0.0602. The molecule has 0 amide bonds. The van der Waals surface area contributed by atoms with Gasteiger partial charge in [0, 0.05) is 31.0 Å². The van der Waals surface area contributed by atoms with Crippen molar-refractivity contribution in [3.05, 3.63) is 11.6 Å². The van der Waals surface area contributed by atoms with Crippen molar-refractivity contribution < 1.29 is 34.1 Å². The van der Waals surface area contributed by atoms with E-state index in [9.17, 15) is 24.6 Å². The van der Waals surface area contributed by atoms with Crippen LogP contribution in [0.3, 0.4) is 0 Å². The summed E-state index contributed by atoms with van der Waals surface area (Å²) in [7, 11) is 1.86. The van der Waals surface area contributed by atoms with Gasteiger partial charge in [0.15, 0.2) is 11.7 Å². The lowest BCUT2D eigenvalue weighted by Crippen LogP contribution is -2.52. The van der Waals surface area contributed by atoms with E-state index in [1.54, 1.807) is 13.0 Å². The molecule has 1 saturated heterocycles. The molecule has 0 spiro atoms. The summed E-state index contributed by atoms with van der Waals surface area (Å²) in [5.74, 6) is -4.01. The lowest BCUT2D eigenvalue weighted by molar-refractivity contribution is -0.181. The van der Waals surface area contributed by atoms with E-state index in [0.29, 0.717) is 19.5 Å². The molecule has 0 saturated carbocycles. The highest BCUT2D eigenvalue weighted by molar-refractivity contribution is 6.00. The Balaban J connectivity index is 2.45. The number of nitrogens with zero attached hydrogens (tertiary/aromatic N) is 1. The van der Waals surface area contributed by atoms with Crippen LogP contribution in [0.1, 0.15) is 33.6 Å². The second-order valence-electron chi connectivity index (χ2n) is 7.59. The molecule has 8 heteroatoms. The highest BCUT2D eigenvalue weighted by Crippen LogP contribution is 2.30. The summed E-state index contributed by atoms with van der Waals surface area (Å²) in [6.07, 6.45) is -0.135. The van der Waals surface area contributed by atoms with Gasteiger partial charge in [-0.15, -0.1) is 0 Å². The molecule has 8 nitrogen and oxygen atoms in total. The number of Topliss-reactive ketones (excluding diaryl/α,β-unsaturated/α-hetero) is 1. The molecule has 1 fully saturated rings. The van der Waals surface area contributed by atoms with E-state index in [0.717, 1.165) is 0 Å². The maximum Gasteiger partial charge on any atom is 0.338 e. The van der Waals surface area contributed by atoms with Gasteiger partial charge >= 0.3 is 11.9 Å². The maximum absolute atomic E-state index is 12.8. The Morgan fingerprint density at radius 1 is 1.33 bits per heavy atom. The van der Waals surface area contributed by atoms with E-state index in [4.69, 9.17) is 9.47 Å². The molecule has 2 bridgehead atoms. The smallest absolute Gasteiger partial charge is 0.338 e. The van der Waals surface area contributed by atoms with Gasteiger partial charge in [-0.05, 0) is 20.4 Å². The average molecular weight is 383 g/mol. The van der Waals surface area contributed by atoms with E-state index >= 15 is 0 Å². The van der Waals surface area contributed by atoms with E-state index in [1.165, 1.54) is 13.8 Å². The van der Waals surface area contributed by atoms with Gasteiger partial charge in [0.05, 0.1) is 12.0 Å². The molecule has 152 valence electrons. The van der Waals surface area contributed by atoms with Gasteiger partial charge in [0.25, 0.3) is 0 Å². The van der Waals surface area contributed by atoms with Gasteiger partial charge in [0.2, 0.25) is 5.78 Å². The summed E-state index contributed by atoms with van der Waals surface area (Å²) in [6.45, 7) is 5.12. The number of hydrogen-bond donors (Lipinski definition) is 2. The van der Waals surface area contributed by atoms with Gasteiger partial charge in [-0.25, -0.2) is 4.79 Å². The van der Waals surface area contributed by atoms with Gasteiger partial charge in [-0.1, -0.05) is 19.9 Å². The summed E-state index contributed by atoms with van der Waals surface area (Å²) in [6, 6.07) is 0. The first-order valence-corrected chi connectivity index (χ1v) is 9.29. The average Bonchev–Trinajstić information content (AvgIpc) is 2.62. The third kappa shape index (κ3) is 4.56. The van der Waals surface area contributed by atoms with Crippen LogP contribution in [0.2, 0.25) is 0 Å². The molecule has 0 radical (unpaired) electrons. The number of rotatable bonds is 1. The lowest BCUT2D eigenvalue weighted by Gasteiger charge is -2.35. The lowest BCUT2D eigenvalue weighted by atomic mass is 9.79. The number of carbonyl (C=O) groups is 3. The fourth-order valence-electron chi connectivity index (χ4n) is 3.31. The largest absolute Gasteiger partial charge is 0.459 e. The van der Waals surface area contributed by atoms with E-state index in [2.05, 4.69) is 0 Å². The molecule has 2 rings (SSSR count). The number of ketones is 1. The zero-order valence-corrected chi connectivity index (χ0v) is 16.3. The first-order valence-electron chi connectivity index (χ1n) is 9.29. The number of fused-ring (bicyclic) bond motifs is 2.